The molecule has 0 saturated carbocycles. The highest BCUT2D eigenvalue weighted by Gasteiger charge is 2.33. The van der Waals surface area contributed by atoms with Gasteiger partial charge in [0.05, 0.1) is 10.6 Å². The SMILES string of the molecule is CC(C)(C)OC(=O)NC[C@@H]1CCCCN1c1ncc(C(F)(F)F)cc1Cl. The van der Waals surface area contributed by atoms with Crippen LogP contribution >= 0.6 is 11.6 Å². The molecule has 1 N–H and O–H groups in total. The molecule has 1 atom stereocenters. The van der Waals surface area contributed by atoms with Crippen LogP contribution in [0, 0.1) is 0 Å². The molecule has 9 heteroatoms. The van der Waals surface area contributed by atoms with Crippen LogP contribution in [-0.2, 0) is 10.9 Å². The molecule has 1 aromatic heterocycles. The smallest absolute Gasteiger partial charge is 0.417 e. The average molecular weight is 394 g/mol. The van der Waals surface area contributed by atoms with Crippen molar-refractivity contribution in [3.05, 3.63) is 22.8 Å². The van der Waals surface area contributed by atoms with Gasteiger partial charge in [0, 0.05) is 25.3 Å². The molecule has 26 heavy (non-hydrogen) atoms. The molecule has 1 aromatic rings. The maximum absolute atomic E-state index is 12.8. The fourth-order valence-corrected chi connectivity index (χ4v) is 3.08. The number of nitrogens with zero attached hydrogens (tertiary/aromatic N) is 2. The minimum Gasteiger partial charge on any atom is -0.444 e. The third-order valence-corrected chi connectivity index (χ3v) is 4.21. The van der Waals surface area contributed by atoms with E-state index in [1.807, 2.05) is 4.90 Å². The molecule has 1 fully saturated rings. The van der Waals surface area contributed by atoms with Gasteiger partial charge < -0.3 is 15.0 Å². The summed E-state index contributed by atoms with van der Waals surface area (Å²) in [6, 6.07) is 0.773. The molecule has 0 aromatic carbocycles. The number of hydrogen-bond donors (Lipinski definition) is 1. The van der Waals surface area contributed by atoms with E-state index >= 15 is 0 Å². The van der Waals surface area contributed by atoms with Gasteiger partial charge in [-0.05, 0) is 46.1 Å². The highest BCUT2D eigenvalue weighted by molar-refractivity contribution is 6.33. The lowest BCUT2D eigenvalue weighted by Gasteiger charge is -2.37. The molecule has 1 amide bonds. The Kier molecular flexibility index (Phi) is 6.26. The van der Waals surface area contributed by atoms with Crippen molar-refractivity contribution in [1.29, 1.82) is 0 Å². The lowest BCUT2D eigenvalue weighted by molar-refractivity contribution is -0.137. The van der Waals surface area contributed by atoms with Crippen molar-refractivity contribution in [3.8, 4) is 0 Å². The summed E-state index contributed by atoms with van der Waals surface area (Å²) in [5.74, 6) is 0.301. The Labute approximate surface area is 155 Å². The first-order valence-corrected chi connectivity index (χ1v) is 8.81. The van der Waals surface area contributed by atoms with Crippen LogP contribution in [0.25, 0.3) is 0 Å². The monoisotopic (exact) mass is 393 g/mol. The van der Waals surface area contributed by atoms with Crippen LogP contribution < -0.4 is 10.2 Å². The third-order valence-electron chi connectivity index (χ3n) is 3.93. The summed E-state index contributed by atoms with van der Waals surface area (Å²) >= 11 is 6.07. The van der Waals surface area contributed by atoms with Gasteiger partial charge in [0.25, 0.3) is 0 Å². The number of nitrogens with one attached hydrogen (secondary N) is 1. The van der Waals surface area contributed by atoms with Crippen molar-refractivity contribution in [1.82, 2.24) is 10.3 Å². The van der Waals surface area contributed by atoms with Crippen LogP contribution in [0.4, 0.5) is 23.8 Å². The van der Waals surface area contributed by atoms with Gasteiger partial charge in [-0.15, -0.1) is 0 Å². The highest BCUT2D eigenvalue weighted by Crippen LogP contribution is 2.35. The molecule has 2 rings (SSSR count). The average Bonchev–Trinajstić information content (AvgIpc) is 2.51. The molecule has 1 saturated heterocycles. The lowest BCUT2D eigenvalue weighted by atomic mass is 10.0. The minimum atomic E-state index is -4.49. The van der Waals surface area contributed by atoms with Crippen molar-refractivity contribution >= 4 is 23.5 Å². The van der Waals surface area contributed by atoms with Gasteiger partial charge in [-0.25, -0.2) is 9.78 Å². The predicted octanol–water partition coefficient (Wildman–Crippen LogP) is 4.64. The molecule has 0 spiro atoms. The van der Waals surface area contributed by atoms with E-state index in [1.54, 1.807) is 20.8 Å². The zero-order valence-corrected chi connectivity index (χ0v) is 15.7. The fourth-order valence-electron chi connectivity index (χ4n) is 2.80. The molecule has 5 nitrogen and oxygen atoms in total. The number of amides is 1. The third kappa shape index (κ3) is 5.65. The number of anilines is 1. The molecule has 0 bridgehead atoms. The maximum atomic E-state index is 12.8. The summed E-state index contributed by atoms with van der Waals surface area (Å²) in [5, 5.41) is 2.66. The largest absolute Gasteiger partial charge is 0.444 e. The van der Waals surface area contributed by atoms with Crippen LogP contribution in [0.3, 0.4) is 0 Å². The molecule has 1 aliphatic heterocycles. The van der Waals surface area contributed by atoms with Crippen molar-refractivity contribution < 1.29 is 22.7 Å². The van der Waals surface area contributed by atoms with Crippen molar-refractivity contribution in [2.75, 3.05) is 18.0 Å². The second-order valence-corrected chi connectivity index (χ2v) is 7.66. The Bertz CT molecular complexity index is 647. The Balaban J connectivity index is 2.10. The summed E-state index contributed by atoms with van der Waals surface area (Å²) in [6.07, 6.45) is -1.63. The van der Waals surface area contributed by atoms with Crippen molar-refractivity contribution in [2.24, 2.45) is 0 Å². The van der Waals surface area contributed by atoms with Crippen LogP contribution in [0.5, 0.6) is 0 Å². The van der Waals surface area contributed by atoms with E-state index in [1.165, 1.54) is 0 Å². The number of alkyl halides is 3. The second-order valence-electron chi connectivity index (χ2n) is 7.25. The highest BCUT2D eigenvalue weighted by atomic mass is 35.5. The number of alkyl carbamates (subject to hydrolysis) is 1. The van der Waals surface area contributed by atoms with E-state index in [0.29, 0.717) is 18.9 Å². The molecule has 2 heterocycles. The van der Waals surface area contributed by atoms with Crippen LogP contribution in [0.2, 0.25) is 5.02 Å². The number of piperidine rings is 1. The normalized spacial score (nSPS) is 18.6. The van der Waals surface area contributed by atoms with E-state index < -0.39 is 23.4 Å². The Hall–Kier alpha value is -1.70. The number of rotatable bonds is 3. The number of halogens is 4. The van der Waals surface area contributed by atoms with Gasteiger partial charge in [0.15, 0.2) is 0 Å². The van der Waals surface area contributed by atoms with E-state index in [2.05, 4.69) is 10.3 Å². The summed E-state index contributed by atoms with van der Waals surface area (Å²) in [6.45, 7) is 6.22. The van der Waals surface area contributed by atoms with Crippen molar-refractivity contribution in [3.63, 3.8) is 0 Å². The molecule has 146 valence electrons. The number of ether oxygens (including phenoxy) is 1. The Morgan fingerprint density at radius 3 is 2.65 bits per heavy atom. The molecule has 0 radical (unpaired) electrons. The molecule has 1 aliphatic rings. The quantitative estimate of drug-likeness (QED) is 0.813. The van der Waals surface area contributed by atoms with Crippen molar-refractivity contribution in [2.45, 2.75) is 57.9 Å². The number of pyridine rings is 1. The lowest BCUT2D eigenvalue weighted by Crippen LogP contribution is -2.48. The second kappa shape index (κ2) is 7.90. The van der Waals surface area contributed by atoms with Gasteiger partial charge >= 0.3 is 12.3 Å². The number of carbonyl (C=O) groups is 1. The first-order valence-electron chi connectivity index (χ1n) is 8.43. The summed E-state index contributed by atoms with van der Waals surface area (Å²) < 4.78 is 43.6. The molecule has 0 aliphatic carbocycles. The zero-order chi connectivity index (χ0) is 19.5. The molecule has 0 unspecified atom stereocenters. The fraction of sp³-hybridized carbons (Fsp3) is 0.647. The Morgan fingerprint density at radius 1 is 1.38 bits per heavy atom. The van der Waals surface area contributed by atoms with Gasteiger partial charge in [-0.3, -0.25) is 0 Å². The zero-order valence-electron chi connectivity index (χ0n) is 15.0. The Morgan fingerprint density at radius 2 is 2.08 bits per heavy atom. The standard InChI is InChI=1S/C17H23ClF3N3O2/c1-16(2,3)26-15(25)23-10-12-6-4-5-7-24(12)14-13(18)8-11(9-22-14)17(19,20)21/h8-9,12H,4-7,10H2,1-3H3,(H,23,25)/t12-/m0/s1. The first-order chi connectivity index (χ1) is 12.0. The first kappa shape index (κ1) is 20.6. The number of aromatic nitrogens is 1. The topological polar surface area (TPSA) is 54.5 Å². The van der Waals surface area contributed by atoms with E-state index in [0.717, 1.165) is 31.5 Å². The predicted molar refractivity (Wildman–Crippen MR) is 93.5 cm³/mol. The summed E-state index contributed by atoms with van der Waals surface area (Å²) in [7, 11) is 0. The molecular formula is C17H23ClF3N3O2. The minimum absolute atomic E-state index is 0.0519. The van der Waals surface area contributed by atoms with Gasteiger partial charge in [0.2, 0.25) is 0 Å². The van der Waals surface area contributed by atoms with E-state index in [9.17, 15) is 18.0 Å². The summed E-state index contributed by atoms with van der Waals surface area (Å²) in [5.41, 5.74) is -1.49. The summed E-state index contributed by atoms with van der Waals surface area (Å²) in [4.78, 5) is 17.6. The number of carbonyl (C=O) groups excluding carboxylic acids is 1. The van der Waals surface area contributed by atoms with Crippen LogP contribution in [-0.4, -0.2) is 35.8 Å². The molecular weight excluding hydrogens is 371 g/mol. The van der Waals surface area contributed by atoms with Gasteiger partial charge in [-0.2, -0.15) is 13.2 Å². The maximum Gasteiger partial charge on any atom is 0.417 e. The van der Waals surface area contributed by atoms with Crippen LogP contribution in [0.1, 0.15) is 45.6 Å². The van der Waals surface area contributed by atoms with Gasteiger partial charge in [0.1, 0.15) is 11.4 Å². The van der Waals surface area contributed by atoms with Crippen LogP contribution in [0.15, 0.2) is 12.3 Å². The van der Waals surface area contributed by atoms with E-state index in [4.69, 9.17) is 16.3 Å². The van der Waals surface area contributed by atoms with Gasteiger partial charge in [-0.1, -0.05) is 11.6 Å². The number of hydrogen-bond acceptors (Lipinski definition) is 4. The van der Waals surface area contributed by atoms with E-state index in [-0.39, 0.29) is 11.1 Å².